The molecule has 0 bridgehead atoms. The van der Waals surface area contributed by atoms with Crippen molar-refractivity contribution < 1.29 is 13.5 Å². The highest BCUT2D eigenvalue weighted by molar-refractivity contribution is 7.91. The maximum Gasteiger partial charge on any atom is 0.180 e. The van der Waals surface area contributed by atoms with Gasteiger partial charge < -0.3 is 5.11 Å². The molecule has 1 aromatic rings. The van der Waals surface area contributed by atoms with Crippen molar-refractivity contribution in [2.75, 3.05) is 5.75 Å². The van der Waals surface area contributed by atoms with Crippen molar-refractivity contribution in [1.82, 2.24) is 0 Å². The molecule has 0 aliphatic rings. The highest BCUT2D eigenvalue weighted by atomic mass is 35.5. The standard InChI is InChI=1S/C9H10Cl2O3S/c1-6(12)5-15(13,14)7-2-3-8(10)9(11)4-7/h2-4,6,12H,5H2,1H3. The molecule has 0 spiro atoms. The summed E-state index contributed by atoms with van der Waals surface area (Å²) in [5, 5.41) is 9.52. The molecule has 0 aromatic heterocycles. The Bertz CT molecular complexity index is 454. The number of hydrogen-bond donors (Lipinski definition) is 1. The van der Waals surface area contributed by atoms with Crippen molar-refractivity contribution in [2.24, 2.45) is 0 Å². The van der Waals surface area contributed by atoms with Crippen molar-refractivity contribution in [2.45, 2.75) is 17.9 Å². The Kier molecular flexibility index (Phi) is 4.00. The molecule has 84 valence electrons. The first kappa shape index (κ1) is 12.8. The zero-order valence-electron chi connectivity index (χ0n) is 7.94. The van der Waals surface area contributed by atoms with Gasteiger partial charge in [-0.25, -0.2) is 8.42 Å². The molecule has 0 radical (unpaired) electrons. The average Bonchev–Trinajstić information content (AvgIpc) is 2.07. The van der Waals surface area contributed by atoms with Crippen LogP contribution in [0.1, 0.15) is 6.92 Å². The van der Waals surface area contributed by atoms with Gasteiger partial charge in [-0.3, -0.25) is 0 Å². The fourth-order valence-corrected chi connectivity index (χ4v) is 2.85. The fourth-order valence-electron chi connectivity index (χ4n) is 1.08. The van der Waals surface area contributed by atoms with Gasteiger partial charge in [0.05, 0.1) is 26.8 Å². The normalized spacial score (nSPS) is 13.9. The van der Waals surface area contributed by atoms with E-state index in [0.717, 1.165) is 0 Å². The van der Waals surface area contributed by atoms with Gasteiger partial charge in [-0.05, 0) is 25.1 Å². The van der Waals surface area contributed by atoms with Crippen LogP contribution < -0.4 is 0 Å². The number of hydrogen-bond acceptors (Lipinski definition) is 3. The van der Waals surface area contributed by atoms with E-state index in [0.29, 0.717) is 5.02 Å². The second-order valence-corrected chi connectivity index (χ2v) is 6.05. The fraction of sp³-hybridized carbons (Fsp3) is 0.333. The van der Waals surface area contributed by atoms with Crippen LogP contribution in [0.25, 0.3) is 0 Å². The first-order valence-corrected chi connectivity index (χ1v) is 6.59. The molecule has 0 fully saturated rings. The van der Waals surface area contributed by atoms with E-state index in [9.17, 15) is 8.42 Å². The van der Waals surface area contributed by atoms with Crippen LogP contribution in [-0.4, -0.2) is 25.4 Å². The molecule has 0 amide bonds. The largest absolute Gasteiger partial charge is 0.392 e. The summed E-state index contributed by atoms with van der Waals surface area (Å²) in [5.74, 6) is -0.328. The molecule has 0 heterocycles. The Morgan fingerprint density at radius 3 is 2.40 bits per heavy atom. The molecule has 1 rings (SSSR count). The van der Waals surface area contributed by atoms with E-state index in [4.69, 9.17) is 28.3 Å². The molecule has 1 N–H and O–H groups in total. The predicted octanol–water partition coefficient (Wildman–Crippen LogP) is 2.15. The molecule has 1 unspecified atom stereocenters. The second kappa shape index (κ2) is 4.70. The van der Waals surface area contributed by atoms with Crippen molar-refractivity contribution in [3.8, 4) is 0 Å². The Morgan fingerprint density at radius 1 is 1.33 bits per heavy atom. The minimum absolute atomic E-state index is 0.0674. The van der Waals surface area contributed by atoms with Gasteiger partial charge in [0.1, 0.15) is 0 Å². The number of sulfone groups is 1. The molecule has 1 atom stereocenters. The maximum absolute atomic E-state index is 11.6. The van der Waals surface area contributed by atoms with E-state index in [1.807, 2.05) is 0 Å². The summed E-state index contributed by atoms with van der Waals surface area (Å²) in [7, 11) is -3.49. The van der Waals surface area contributed by atoms with Gasteiger partial charge in [0.15, 0.2) is 9.84 Å². The van der Waals surface area contributed by atoms with E-state index in [1.165, 1.54) is 25.1 Å². The predicted molar refractivity (Wildman–Crippen MR) is 60.2 cm³/mol. The number of halogens is 2. The summed E-state index contributed by atoms with van der Waals surface area (Å²) < 4.78 is 23.3. The monoisotopic (exact) mass is 268 g/mol. The number of rotatable bonds is 3. The van der Waals surface area contributed by atoms with E-state index in [-0.39, 0.29) is 15.7 Å². The SMILES string of the molecule is CC(O)CS(=O)(=O)c1ccc(Cl)c(Cl)c1. The number of aliphatic hydroxyl groups is 1. The molecule has 0 saturated carbocycles. The third kappa shape index (κ3) is 3.34. The van der Waals surface area contributed by atoms with Crippen LogP contribution in [0.3, 0.4) is 0 Å². The lowest BCUT2D eigenvalue weighted by molar-refractivity contribution is 0.218. The zero-order chi connectivity index (χ0) is 11.6. The number of benzene rings is 1. The van der Waals surface area contributed by atoms with Gasteiger partial charge in [-0.15, -0.1) is 0 Å². The topological polar surface area (TPSA) is 54.4 Å². The maximum atomic E-state index is 11.6. The van der Waals surface area contributed by atoms with Gasteiger partial charge in [-0.1, -0.05) is 23.2 Å². The lowest BCUT2D eigenvalue weighted by atomic mass is 10.4. The van der Waals surface area contributed by atoms with Gasteiger partial charge >= 0.3 is 0 Å². The molecular formula is C9H10Cl2O3S. The summed E-state index contributed by atoms with van der Waals surface area (Å²) in [6, 6.07) is 4.06. The van der Waals surface area contributed by atoms with Crippen LogP contribution in [0.5, 0.6) is 0 Å². The molecule has 1 aromatic carbocycles. The second-order valence-electron chi connectivity index (χ2n) is 3.21. The number of aliphatic hydroxyl groups excluding tert-OH is 1. The first-order valence-electron chi connectivity index (χ1n) is 4.19. The summed E-state index contributed by atoms with van der Waals surface area (Å²) in [5.41, 5.74) is 0. The third-order valence-electron chi connectivity index (χ3n) is 1.71. The van der Waals surface area contributed by atoms with Crippen molar-refractivity contribution in [3.05, 3.63) is 28.2 Å². The Balaban J connectivity index is 3.11. The van der Waals surface area contributed by atoms with E-state index in [2.05, 4.69) is 0 Å². The Hall–Kier alpha value is -0.290. The summed E-state index contributed by atoms with van der Waals surface area (Å²) in [6.45, 7) is 1.41. The van der Waals surface area contributed by atoms with Crippen LogP contribution in [0, 0.1) is 0 Å². The van der Waals surface area contributed by atoms with Crippen molar-refractivity contribution in [1.29, 1.82) is 0 Å². The lowest BCUT2D eigenvalue weighted by Crippen LogP contribution is -2.17. The van der Waals surface area contributed by atoms with E-state index < -0.39 is 15.9 Å². The first-order chi connectivity index (χ1) is 6.83. The zero-order valence-corrected chi connectivity index (χ0v) is 10.3. The molecule has 0 saturated heterocycles. The van der Waals surface area contributed by atoms with Gasteiger partial charge in [0.25, 0.3) is 0 Å². The minimum Gasteiger partial charge on any atom is -0.392 e. The summed E-state index contributed by atoms with van der Waals surface area (Å²) >= 11 is 11.4. The van der Waals surface area contributed by atoms with E-state index >= 15 is 0 Å². The molecule has 0 aliphatic carbocycles. The van der Waals surface area contributed by atoms with Crippen molar-refractivity contribution in [3.63, 3.8) is 0 Å². The highest BCUT2D eigenvalue weighted by Crippen LogP contribution is 2.25. The third-order valence-corrected chi connectivity index (χ3v) is 4.34. The molecule has 15 heavy (non-hydrogen) atoms. The average molecular weight is 269 g/mol. The van der Waals surface area contributed by atoms with Crippen LogP contribution in [0.4, 0.5) is 0 Å². The summed E-state index contributed by atoms with van der Waals surface area (Å²) in [6.07, 6.45) is -0.913. The lowest BCUT2D eigenvalue weighted by Gasteiger charge is -2.07. The van der Waals surface area contributed by atoms with Crippen LogP contribution in [-0.2, 0) is 9.84 Å². The van der Waals surface area contributed by atoms with Gasteiger partial charge in [0, 0.05) is 0 Å². The molecular weight excluding hydrogens is 259 g/mol. The Labute approximate surface area is 98.6 Å². The van der Waals surface area contributed by atoms with Crippen molar-refractivity contribution >= 4 is 33.0 Å². The molecule has 3 nitrogen and oxygen atoms in total. The molecule has 6 heteroatoms. The van der Waals surface area contributed by atoms with Gasteiger partial charge in [-0.2, -0.15) is 0 Å². The highest BCUT2D eigenvalue weighted by Gasteiger charge is 2.18. The van der Waals surface area contributed by atoms with E-state index in [1.54, 1.807) is 0 Å². The van der Waals surface area contributed by atoms with Crippen LogP contribution in [0.2, 0.25) is 10.0 Å². The smallest absolute Gasteiger partial charge is 0.180 e. The Morgan fingerprint density at radius 2 is 1.93 bits per heavy atom. The van der Waals surface area contributed by atoms with Crippen LogP contribution in [0.15, 0.2) is 23.1 Å². The quantitative estimate of drug-likeness (QED) is 0.914. The minimum atomic E-state index is -3.49. The molecule has 0 aliphatic heterocycles. The summed E-state index contributed by atoms with van der Waals surface area (Å²) in [4.78, 5) is 0.0674. The van der Waals surface area contributed by atoms with Gasteiger partial charge in [0.2, 0.25) is 0 Å². The van der Waals surface area contributed by atoms with Crippen LogP contribution >= 0.6 is 23.2 Å².